The van der Waals surface area contributed by atoms with Crippen LogP contribution in [0.25, 0.3) is 0 Å². The predicted molar refractivity (Wildman–Crippen MR) is 111 cm³/mol. The van der Waals surface area contributed by atoms with Gasteiger partial charge in [0.1, 0.15) is 12.2 Å². The minimum absolute atomic E-state index is 0.0481. The molecule has 1 amide bonds. The van der Waals surface area contributed by atoms with Gasteiger partial charge in [-0.05, 0) is 49.6 Å². The lowest BCUT2D eigenvalue weighted by molar-refractivity contribution is -0.0328. The molecule has 0 radical (unpaired) electrons. The summed E-state index contributed by atoms with van der Waals surface area (Å²) >= 11 is -0.321. The largest absolute Gasteiger partial charge is 0.446 e. The van der Waals surface area contributed by atoms with Gasteiger partial charge >= 0.3 is 5.51 Å². The smallest absolute Gasteiger partial charge is 0.328 e. The number of anilines is 1. The molecule has 1 fully saturated rings. The molecule has 1 saturated carbocycles. The molecule has 2 heterocycles. The van der Waals surface area contributed by atoms with Crippen molar-refractivity contribution < 1.29 is 18.0 Å². The normalized spacial score (nSPS) is 15.3. The van der Waals surface area contributed by atoms with Gasteiger partial charge in [-0.15, -0.1) is 0 Å². The summed E-state index contributed by atoms with van der Waals surface area (Å²) in [6.07, 6.45) is 8.14. The van der Waals surface area contributed by atoms with E-state index >= 15 is 0 Å². The van der Waals surface area contributed by atoms with E-state index in [-0.39, 0.29) is 34.0 Å². The molecule has 0 aliphatic heterocycles. The van der Waals surface area contributed by atoms with Crippen molar-refractivity contribution in [3.8, 4) is 0 Å². The topological polar surface area (TPSA) is 107 Å². The summed E-state index contributed by atoms with van der Waals surface area (Å²) in [5, 5.41) is 10.3. The second kappa shape index (κ2) is 9.86. The van der Waals surface area contributed by atoms with Crippen LogP contribution in [0.3, 0.4) is 0 Å². The first kappa shape index (κ1) is 22.7. The summed E-state index contributed by atoms with van der Waals surface area (Å²) in [5.41, 5.74) is -4.43. The van der Waals surface area contributed by atoms with E-state index in [2.05, 4.69) is 25.3 Å². The van der Waals surface area contributed by atoms with Gasteiger partial charge in [-0.1, -0.05) is 0 Å². The number of amidine groups is 1. The van der Waals surface area contributed by atoms with Crippen LogP contribution >= 0.6 is 11.8 Å². The quantitative estimate of drug-likeness (QED) is 0.359. The van der Waals surface area contributed by atoms with Crippen LogP contribution in [-0.4, -0.2) is 56.0 Å². The molecule has 8 nitrogen and oxygen atoms in total. The molecule has 164 valence electrons. The van der Waals surface area contributed by atoms with Crippen molar-refractivity contribution in [1.29, 1.82) is 5.41 Å². The van der Waals surface area contributed by atoms with E-state index in [0.717, 1.165) is 25.4 Å². The van der Waals surface area contributed by atoms with Crippen LogP contribution in [0.1, 0.15) is 30.1 Å². The maximum atomic E-state index is 13.3. The number of carbonyl (C=O) groups excluding carboxylic acids is 1. The van der Waals surface area contributed by atoms with Crippen LogP contribution in [0.4, 0.5) is 19.1 Å². The first-order valence-electron chi connectivity index (χ1n) is 9.39. The molecule has 2 N–H and O–H groups in total. The predicted octanol–water partition coefficient (Wildman–Crippen LogP) is 3.84. The SMILES string of the molecule is CC(/C(=N/C=N)Nc1ncccn1)N(CC1CC1)C(=O)c1cncc(SC(F)(F)F)c1. The Bertz CT molecular complexity index is 951. The summed E-state index contributed by atoms with van der Waals surface area (Å²) in [6, 6.07) is 2.21. The Labute approximate surface area is 180 Å². The van der Waals surface area contributed by atoms with Crippen molar-refractivity contribution in [2.75, 3.05) is 11.9 Å². The third-order valence-corrected chi connectivity index (χ3v) is 5.17. The maximum absolute atomic E-state index is 13.3. The zero-order chi connectivity index (χ0) is 22.4. The molecule has 0 aromatic carbocycles. The highest BCUT2D eigenvalue weighted by Crippen LogP contribution is 2.37. The first-order chi connectivity index (χ1) is 14.8. The van der Waals surface area contributed by atoms with Gasteiger partial charge < -0.3 is 10.2 Å². The van der Waals surface area contributed by atoms with E-state index < -0.39 is 17.5 Å². The highest BCUT2D eigenvalue weighted by atomic mass is 32.2. The highest BCUT2D eigenvalue weighted by Gasteiger charge is 2.33. The number of aliphatic imine (C=N–C) groups is 1. The number of hydrogen-bond acceptors (Lipinski definition) is 6. The number of nitrogens with zero attached hydrogens (tertiary/aromatic N) is 5. The molecule has 12 heteroatoms. The number of hydrogen-bond donors (Lipinski definition) is 2. The maximum Gasteiger partial charge on any atom is 0.446 e. The standard InChI is InChI=1S/C19H20F3N7OS/c1-12(16(27-11-23)28-18-25-5-2-6-26-18)29(10-13-3-4-13)17(30)14-7-15(9-24-8-14)31-19(20,21)22/h2,5-9,11-13H,3-4,10H2,1H3,(H2,23,25,26,27,28). The molecule has 1 atom stereocenters. The van der Waals surface area contributed by atoms with Gasteiger partial charge in [0.05, 0.1) is 11.6 Å². The van der Waals surface area contributed by atoms with E-state index in [4.69, 9.17) is 5.41 Å². The monoisotopic (exact) mass is 451 g/mol. The van der Waals surface area contributed by atoms with Crippen molar-refractivity contribution in [3.05, 3.63) is 42.5 Å². The van der Waals surface area contributed by atoms with E-state index in [1.54, 1.807) is 13.0 Å². The van der Waals surface area contributed by atoms with Crippen molar-refractivity contribution in [1.82, 2.24) is 19.9 Å². The molecule has 31 heavy (non-hydrogen) atoms. The molecule has 0 bridgehead atoms. The Kier molecular flexibility index (Phi) is 7.21. The molecule has 0 spiro atoms. The molecule has 3 rings (SSSR count). The number of carbonyl (C=O) groups is 1. The molecular weight excluding hydrogens is 431 g/mol. The lowest BCUT2D eigenvalue weighted by Gasteiger charge is -2.30. The van der Waals surface area contributed by atoms with E-state index in [1.807, 2.05) is 0 Å². The zero-order valence-corrected chi connectivity index (χ0v) is 17.3. The third kappa shape index (κ3) is 6.74. The fourth-order valence-corrected chi connectivity index (χ4v) is 3.39. The van der Waals surface area contributed by atoms with Crippen LogP contribution in [0.15, 0.2) is 46.8 Å². The molecule has 2 aromatic heterocycles. The fourth-order valence-electron chi connectivity index (χ4n) is 2.83. The number of halogens is 3. The molecule has 1 aliphatic rings. The van der Waals surface area contributed by atoms with Gasteiger partial charge in [-0.2, -0.15) is 13.2 Å². The van der Waals surface area contributed by atoms with Crippen LogP contribution in [0, 0.1) is 11.3 Å². The van der Waals surface area contributed by atoms with E-state index in [0.29, 0.717) is 12.5 Å². The fraction of sp³-hybridized carbons (Fsp3) is 0.368. The Morgan fingerprint density at radius 1 is 1.39 bits per heavy atom. The summed E-state index contributed by atoms with van der Waals surface area (Å²) in [6.45, 7) is 2.13. The average molecular weight is 451 g/mol. The average Bonchev–Trinajstić information content (AvgIpc) is 3.55. The third-order valence-electron chi connectivity index (χ3n) is 4.48. The van der Waals surface area contributed by atoms with Gasteiger partial charge in [0.25, 0.3) is 5.91 Å². The molecule has 1 aliphatic carbocycles. The number of aromatic nitrogens is 3. The van der Waals surface area contributed by atoms with Crippen molar-refractivity contribution in [3.63, 3.8) is 0 Å². The van der Waals surface area contributed by atoms with Gasteiger partial charge in [0, 0.05) is 36.2 Å². The number of amides is 1. The Morgan fingerprint density at radius 3 is 2.71 bits per heavy atom. The lowest BCUT2D eigenvalue weighted by atomic mass is 10.1. The summed E-state index contributed by atoms with van der Waals surface area (Å²) in [4.78, 5) is 30.6. The Morgan fingerprint density at radius 2 is 2.10 bits per heavy atom. The van der Waals surface area contributed by atoms with Gasteiger partial charge in [-0.25, -0.2) is 15.0 Å². The zero-order valence-electron chi connectivity index (χ0n) is 16.5. The lowest BCUT2D eigenvalue weighted by Crippen LogP contribution is -2.47. The van der Waals surface area contributed by atoms with E-state index in [1.165, 1.54) is 29.6 Å². The summed E-state index contributed by atoms with van der Waals surface area (Å²) in [7, 11) is 0. The highest BCUT2D eigenvalue weighted by molar-refractivity contribution is 8.00. The van der Waals surface area contributed by atoms with Crippen LogP contribution in [0.5, 0.6) is 0 Å². The molecule has 1 unspecified atom stereocenters. The second-order valence-electron chi connectivity index (χ2n) is 6.87. The van der Waals surface area contributed by atoms with Crippen LogP contribution < -0.4 is 5.32 Å². The number of pyridine rings is 1. The summed E-state index contributed by atoms with van der Waals surface area (Å²) in [5.74, 6) is 0.356. The number of rotatable bonds is 8. The summed E-state index contributed by atoms with van der Waals surface area (Å²) < 4.78 is 38.2. The van der Waals surface area contributed by atoms with Crippen molar-refractivity contribution in [2.45, 2.75) is 36.2 Å². The molecular formula is C19H20F3N7OS. The van der Waals surface area contributed by atoms with Gasteiger partial charge in [0.2, 0.25) is 5.95 Å². The van der Waals surface area contributed by atoms with Gasteiger partial charge in [-0.3, -0.25) is 15.2 Å². The van der Waals surface area contributed by atoms with Crippen LogP contribution in [0.2, 0.25) is 0 Å². The first-order valence-corrected chi connectivity index (χ1v) is 10.2. The minimum Gasteiger partial charge on any atom is -0.328 e. The number of thioether (sulfide) groups is 1. The number of nitrogens with one attached hydrogen (secondary N) is 2. The second-order valence-corrected chi connectivity index (χ2v) is 8.01. The van der Waals surface area contributed by atoms with Gasteiger partial charge in [0.15, 0.2) is 0 Å². The Balaban J connectivity index is 1.86. The van der Waals surface area contributed by atoms with Crippen molar-refractivity contribution >= 4 is 35.8 Å². The molecule has 2 aromatic rings. The van der Waals surface area contributed by atoms with Crippen molar-refractivity contribution in [2.24, 2.45) is 10.9 Å². The Hall–Kier alpha value is -3.02. The minimum atomic E-state index is -4.48. The molecule has 0 saturated heterocycles. The van der Waals surface area contributed by atoms with Crippen LogP contribution in [-0.2, 0) is 0 Å². The van der Waals surface area contributed by atoms with E-state index in [9.17, 15) is 18.0 Å². The number of alkyl halides is 3.